The summed E-state index contributed by atoms with van der Waals surface area (Å²) in [4.78, 5) is 24.1. The summed E-state index contributed by atoms with van der Waals surface area (Å²) in [6, 6.07) is 5.06. The quantitative estimate of drug-likeness (QED) is 0.745. The number of carbonyl (C=O) groups excluding carboxylic acids is 2. The van der Waals surface area contributed by atoms with Crippen LogP contribution in [0.3, 0.4) is 0 Å². The molecule has 1 aliphatic heterocycles. The summed E-state index contributed by atoms with van der Waals surface area (Å²) in [7, 11) is 0. The second kappa shape index (κ2) is 7.26. The predicted octanol–water partition coefficient (Wildman–Crippen LogP) is 1.65. The number of unbranched alkanes of at least 4 members (excludes halogenated alkanes) is 1. The lowest BCUT2D eigenvalue weighted by atomic mass is 10.1. The third-order valence-electron chi connectivity index (χ3n) is 3.71. The van der Waals surface area contributed by atoms with Crippen LogP contribution < -0.4 is 21.1 Å². The molecule has 2 amide bonds. The van der Waals surface area contributed by atoms with E-state index in [0.717, 1.165) is 19.3 Å². The molecule has 4 N–H and O–H groups in total. The lowest BCUT2D eigenvalue weighted by Gasteiger charge is -2.25. The van der Waals surface area contributed by atoms with Gasteiger partial charge < -0.3 is 21.1 Å². The molecule has 0 saturated heterocycles. The van der Waals surface area contributed by atoms with Gasteiger partial charge in [-0.25, -0.2) is 0 Å². The Morgan fingerprint density at radius 1 is 1.50 bits per heavy atom. The van der Waals surface area contributed by atoms with Crippen LogP contribution in [0.15, 0.2) is 18.2 Å². The summed E-state index contributed by atoms with van der Waals surface area (Å²) in [5.74, 6) is -0.0297. The fourth-order valence-electron chi connectivity index (χ4n) is 2.37. The zero-order chi connectivity index (χ0) is 16.1. The van der Waals surface area contributed by atoms with Crippen molar-refractivity contribution in [3.05, 3.63) is 23.8 Å². The highest BCUT2D eigenvalue weighted by atomic mass is 16.5. The molecule has 6 nitrogen and oxygen atoms in total. The molecule has 0 radical (unpaired) electrons. The molecule has 2 atom stereocenters. The van der Waals surface area contributed by atoms with E-state index in [1.165, 1.54) is 0 Å². The van der Waals surface area contributed by atoms with Crippen molar-refractivity contribution in [2.24, 2.45) is 5.73 Å². The number of para-hydroxylation sites is 1. The number of amides is 2. The molecule has 120 valence electrons. The molecule has 22 heavy (non-hydrogen) atoms. The first-order chi connectivity index (χ1) is 10.6. The van der Waals surface area contributed by atoms with Gasteiger partial charge in [-0.05, 0) is 25.5 Å². The molecular weight excluding hydrogens is 282 g/mol. The number of carbonyl (C=O) groups is 2. The van der Waals surface area contributed by atoms with E-state index in [0.29, 0.717) is 23.5 Å². The number of anilines is 1. The van der Waals surface area contributed by atoms with Crippen LogP contribution in [0, 0.1) is 0 Å². The van der Waals surface area contributed by atoms with Gasteiger partial charge in [0.1, 0.15) is 0 Å². The molecule has 0 saturated carbocycles. The number of ether oxygens (including phenoxy) is 1. The minimum atomic E-state index is -0.619. The van der Waals surface area contributed by atoms with Crippen LogP contribution in [-0.4, -0.2) is 30.5 Å². The molecule has 0 aromatic heterocycles. The number of hydrogen-bond donors (Lipinski definition) is 3. The van der Waals surface area contributed by atoms with Crippen LogP contribution in [0.4, 0.5) is 5.69 Å². The smallest absolute Gasteiger partial charge is 0.265 e. The second-order valence-electron chi connectivity index (χ2n) is 5.48. The first-order valence-corrected chi connectivity index (χ1v) is 7.68. The topological polar surface area (TPSA) is 93.4 Å². The van der Waals surface area contributed by atoms with E-state index in [1.54, 1.807) is 25.1 Å². The van der Waals surface area contributed by atoms with Crippen LogP contribution in [0.1, 0.15) is 43.5 Å². The first kappa shape index (κ1) is 16.3. The zero-order valence-corrected chi connectivity index (χ0v) is 13.0. The van der Waals surface area contributed by atoms with Crippen LogP contribution in [-0.2, 0) is 4.79 Å². The highest BCUT2D eigenvalue weighted by Gasteiger charge is 2.28. The van der Waals surface area contributed by atoms with E-state index < -0.39 is 6.10 Å². The first-order valence-electron chi connectivity index (χ1n) is 7.68. The number of nitrogens with one attached hydrogen (secondary N) is 2. The zero-order valence-electron chi connectivity index (χ0n) is 13.0. The van der Waals surface area contributed by atoms with Crippen LogP contribution >= 0.6 is 0 Å². The second-order valence-corrected chi connectivity index (χ2v) is 5.48. The highest BCUT2D eigenvalue weighted by molar-refractivity contribution is 6.04. The van der Waals surface area contributed by atoms with E-state index in [9.17, 15) is 9.59 Å². The van der Waals surface area contributed by atoms with Gasteiger partial charge in [-0.3, -0.25) is 9.59 Å². The molecule has 1 aliphatic rings. The Balaban J connectivity index is 2.17. The summed E-state index contributed by atoms with van der Waals surface area (Å²) < 4.78 is 5.59. The minimum Gasteiger partial charge on any atom is -0.478 e. The van der Waals surface area contributed by atoms with E-state index >= 15 is 0 Å². The van der Waals surface area contributed by atoms with E-state index in [4.69, 9.17) is 10.5 Å². The third kappa shape index (κ3) is 3.57. The molecule has 0 spiro atoms. The number of fused-ring (bicyclic) bond motifs is 1. The van der Waals surface area contributed by atoms with Crippen molar-refractivity contribution >= 4 is 17.5 Å². The molecule has 2 rings (SSSR count). The maximum Gasteiger partial charge on any atom is 0.265 e. The predicted molar refractivity (Wildman–Crippen MR) is 85.0 cm³/mol. The van der Waals surface area contributed by atoms with Gasteiger partial charge in [-0.15, -0.1) is 0 Å². The van der Waals surface area contributed by atoms with Gasteiger partial charge in [0, 0.05) is 12.6 Å². The van der Waals surface area contributed by atoms with Gasteiger partial charge in [0.25, 0.3) is 11.8 Å². The average molecular weight is 305 g/mol. The van der Waals surface area contributed by atoms with Crippen molar-refractivity contribution in [1.29, 1.82) is 0 Å². The van der Waals surface area contributed by atoms with E-state index in [2.05, 4.69) is 17.6 Å². The molecule has 1 aromatic carbocycles. The summed E-state index contributed by atoms with van der Waals surface area (Å²) in [6.45, 7) is 4.15. The van der Waals surface area contributed by atoms with Gasteiger partial charge in [0.2, 0.25) is 0 Å². The Bertz CT molecular complexity index is 560. The maximum absolute atomic E-state index is 12.5. The minimum absolute atomic E-state index is 0.0566. The Morgan fingerprint density at radius 2 is 2.27 bits per heavy atom. The molecule has 1 aromatic rings. The summed E-state index contributed by atoms with van der Waals surface area (Å²) in [5, 5.41) is 5.68. The normalized spacial score (nSPS) is 18.0. The van der Waals surface area contributed by atoms with E-state index in [-0.39, 0.29) is 17.9 Å². The molecule has 0 bridgehead atoms. The summed E-state index contributed by atoms with van der Waals surface area (Å²) >= 11 is 0. The van der Waals surface area contributed by atoms with Crippen LogP contribution in [0.5, 0.6) is 5.75 Å². The number of rotatable bonds is 6. The fourth-order valence-corrected chi connectivity index (χ4v) is 2.37. The van der Waals surface area contributed by atoms with Crippen molar-refractivity contribution < 1.29 is 14.3 Å². The van der Waals surface area contributed by atoms with Crippen molar-refractivity contribution in [3.8, 4) is 5.75 Å². The highest BCUT2D eigenvalue weighted by Crippen LogP contribution is 2.33. The molecule has 6 heteroatoms. The SMILES string of the molecule is CCCCC(CN)NC(=O)c1cccc2c1OC(C)C(=O)N2. The van der Waals surface area contributed by atoms with Crippen molar-refractivity contribution in [2.75, 3.05) is 11.9 Å². The lowest BCUT2D eigenvalue weighted by molar-refractivity contribution is -0.122. The number of nitrogens with two attached hydrogens (primary N) is 1. The molecule has 1 heterocycles. The lowest BCUT2D eigenvalue weighted by Crippen LogP contribution is -2.41. The van der Waals surface area contributed by atoms with Crippen LogP contribution in [0.25, 0.3) is 0 Å². The number of benzene rings is 1. The largest absolute Gasteiger partial charge is 0.478 e. The number of hydrogen-bond acceptors (Lipinski definition) is 4. The molecular formula is C16H23N3O3. The Morgan fingerprint density at radius 3 is 2.95 bits per heavy atom. The molecule has 2 unspecified atom stereocenters. The van der Waals surface area contributed by atoms with Crippen molar-refractivity contribution in [3.63, 3.8) is 0 Å². The third-order valence-corrected chi connectivity index (χ3v) is 3.71. The Labute approximate surface area is 130 Å². The Hall–Kier alpha value is -2.08. The average Bonchev–Trinajstić information content (AvgIpc) is 2.51. The van der Waals surface area contributed by atoms with Crippen molar-refractivity contribution in [2.45, 2.75) is 45.3 Å². The monoisotopic (exact) mass is 305 g/mol. The standard InChI is InChI=1S/C16H23N3O3/c1-3-4-6-11(9-17)18-16(21)12-7-5-8-13-14(12)22-10(2)15(20)19-13/h5,7-8,10-11H,3-4,6,9,17H2,1-2H3,(H,18,21)(H,19,20). The van der Waals surface area contributed by atoms with Gasteiger partial charge in [-0.2, -0.15) is 0 Å². The molecule has 0 fully saturated rings. The van der Waals surface area contributed by atoms with Gasteiger partial charge >= 0.3 is 0 Å². The van der Waals surface area contributed by atoms with Gasteiger partial charge in [0.15, 0.2) is 11.9 Å². The van der Waals surface area contributed by atoms with Gasteiger partial charge in [-0.1, -0.05) is 25.8 Å². The maximum atomic E-state index is 12.5. The van der Waals surface area contributed by atoms with Gasteiger partial charge in [0.05, 0.1) is 11.3 Å². The fraction of sp³-hybridized carbons (Fsp3) is 0.500. The van der Waals surface area contributed by atoms with Crippen LogP contribution in [0.2, 0.25) is 0 Å². The van der Waals surface area contributed by atoms with Crippen molar-refractivity contribution in [1.82, 2.24) is 5.32 Å². The molecule has 0 aliphatic carbocycles. The Kier molecular flexibility index (Phi) is 5.38. The summed E-state index contributed by atoms with van der Waals surface area (Å²) in [5.41, 5.74) is 6.65. The summed E-state index contributed by atoms with van der Waals surface area (Å²) in [6.07, 6.45) is 2.30. The van der Waals surface area contributed by atoms with E-state index in [1.807, 2.05) is 0 Å².